The topological polar surface area (TPSA) is 80.0 Å². The van der Waals surface area contributed by atoms with Gasteiger partial charge < -0.3 is 10.4 Å². The maximum atomic E-state index is 12.2. The van der Waals surface area contributed by atoms with Crippen LogP contribution < -0.4 is 5.32 Å². The fraction of sp³-hybridized carbons (Fsp3) is 0.400. The average molecular weight is 286 g/mol. The Hall–Kier alpha value is -2.21. The highest BCUT2D eigenvalue weighted by Crippen LogP contribution is 2.18. The molecule has 3 rings (SSSR count). The van der Waals surface area contributed by atoms with Gasteiger partial charge in [-0.25, -0.2) is 9.97 Å². The lowest BCUT2D eigenvalue weighted by Crippen LogP contribution is -2.38. The number of nitrogens with zero attached hydrogens (tertiary/aromatic N) is 3. The number of aliphatic hydroxyl groups excluding tert-OH is 1. The van der Waals surface area contributed by atoms with E-state index in [0.29, 0.717) is 5.56 Å². The van der Waals surface area contributed by atoms with Crippen molar-refractivity contribution >= 4 is 5.91 Å². The Morgan fingerprint density at radius 1 is 1.29 bits per heavy atom. The molecule has 0 aromatic carbocycles. The minimum Gasteiger partial charge on any atom is -0.393 e. The normalized spacial score (nSPS) is 22.0. The van der Waals surface area contributed by atoms with Gasteiger partial charge in [-0.15, -0.1) is 0 Å². The van der Waals surface area contributed by atoms with Crippen LogP contribution in [0.2, 0.25) is 0 Å². The van der Waals surface area contributed by atoms with E-state index in [-0.39, 0.29) is 18.1 Å². The predicted octanol–water partition coefficient (Wildman–Crippen LogP) is 1.30. The Labute approximate surface area is 122 Å². The highest BCUT2D eigenvalue weighted by Gasteiger charge is 2.21. The van der Waals surface area contributed by atoms with E-state index in [1.807, 2.05) is 0 Å². The number of imidazole rings is 1. The number of aliphatic hydroxyl groups is 1. The third-order valence-electron chi connectivity index (χ3n) is 3.81. The molecule has 2 heterocycles. The monoisotopic (exact) mass is 286 g/mol. The molecule has 0 atom stereocenters. The summed E-state index contributed by atoms with van der Waals surface area (Å²) in [5.74, 6) is 0.617. The number of pyridine rings is 1. The number of carbonyl (C=O) groups is 1. The number of carbonyl (C=O) groups excluding carboxylic acids is 1. The largest absolute Gasteiger partial charge is 0.393 e. The smallest absolute Gasteiger partial charge is 0.253 e. The van der Waals surface area contributed by atoms with Crippen LogP contribution in [0.15, 0.2) is 37.1 Å². The summed E-state index contributed by atoms with van der Waals surface area (Å²) in [6, 6.07) is 3.70. The summed E-state index contributed by atoms with van der Waals surface area (Å²) in [6.45, 7) is 0. The molecule has 1 amide bonds. The molecule has 6 nitrogen and oxygen atoms in total. The van der Waals surface area contributed by atoms with Gasteiger partial charge in [0.05, 0.1) is 11.7 Å². The summed E-state index contributed by atoms with van der Waals surface area (Å²) in [5.41, 5.74) is 0.546. The molecule has 21 heavy (non-hydrogen) atoms. The lowest BCUT2D eigenvalue weighted by Gasteiger charge is -2.26. The Morgan fingerprint density at radius 3 is 2.71 bits per heavy atom. The molecule has 110 valence electrons. The minimum absolute atomic E-state index is 0.110. The van der Waals surface area contributed by atoms with Crippen LogP contribution in [0.3, 0.4) is 0 Å². The summed E-state index contributed by atoms with van der Waals surface area (Å²) >= 11 is 0. The van der Waals surface area contributed by atoms with E-state index in [4.69, 9.17) is 0 Å². The van der Waals surface area contributed by atoms with Crippen molar-refractivity contribution in [3.63, 3.8) is 0 Å². The van der Waals surface area contributed by atoms with Crippen molar-refractivity contribution in [3.8, 4) is 5.82 Å². The van der Waals surface area contributed by atoms with Crippen molar-refractivity contribution in [2.45, 2.75) is 37.8 Å². The number of amides is 1. The SMILES string of the molecule is O=C(NC1CCC(O)CC1)c1ccc(-n2ccnc2)nc1. The first kappa shape index (κ1) is 13.8. The van der Waals surface area contributed by atoms with Crippen molar-refractivity contribution in [2.75, 3.05) is 0 Å². The third kappa shape index (κ3) is 3.28. The molecule has 6 heteroatoms. The molecule has 2 aromatic heterocycles. The predicted molar refractivity (Wildman–Crippen MR) is 77.1 cm³/mol. The molecule has 1 aliphatic rings. The van der Waals surface area contributed by atoms with Crippen LogP contribution in [0.4, 0.5) is 0 Å². The second-order valence-electron chi connectivity index (χ2n) is 5.35. The molecule has 0 saturated heterocycles. The number of rotatable bonds is 3. The van der Waals surface area contributed by atoms with E-state index < -0.39 is 0 Å². The van der Waals surface area contributed by atoms with Gasteiger partial charge in [-0.3, -0.25) is 9.36 Å². The van der Waals surface area contributed by atoms with E-state index in [2.05, 4.69) is 15.3 Å². The van der Waals surface area contributed by atoms with Crippen LogP contribution in [-0.4, -0.2) is 37.7 Å². The van der Waals surface area contributed by atoms with Gasteiger partial charge in [0.15, 0.2) is 0 Å². The van der Waals surface area contributed by atoms with Gasteiger partial charge in [-0.1, -0.05) is 0 Å². The average Bonchev–Trinajstić information content (AvgIpc) is 3.04. The van der Waals surface area contributed by atoms with Crippen LogP contribution in [0.5, 0.6) is 0 Å². The molecule has 0 unspecified atom stereocenters. The van der Waals surface area contributed by atoms with Crippen LogP contribution in [0, 0.1) is 0 Å². The zero-order chi connectivity index (χ0) is 14.7. The van der Waals surface area contributed by atoms with Gasteiger partial charge in [0.2, 0.25) is 0 Å². The zero-order valence-electron chi connectivity index (χ0n) is 11.6. The second-order valence-corrected chi connectivity index (χ2v) is 5.35. The fourth-order valence-corrected chi connectivity index (χ4v) is 2.56. The molecule has 0 aliphatic heterocycles. The van der Waals surface area contributed by atoms with Gasteiger partial charge in [0, 0.05) is 24.6 Å². The molecule has 1 fully saturated rings. The fourth-order valence-electron chi connectivity index (χ4n) is 2.56. The molecule has 0 radical (unpaired) electrons. The lowest BCUT2D eigenvalue weighted by atomic mass is 9.93. The first-order chi connectivity index (χ1) is 10.2. The molecule has 1 saturated carbocycles. The molecule has 2 aromatic rings. The maximum absolute atomic E-state index is 12.2. The highest BCUT2D eigenvalue weighted by atomic mass is 16.3. The molecule has 2 N–H and O–H groups in total. The van der Waals surface area contributed by atoms with Crippen molar-refractivity contribution in [1.82, 2.24) is 19.9 Å². The van der Waals surface area contributed by atoms with E-state index in [1.54, 1.807) is 41.6 Å². The number of nitrogens with one attached hydrogen (secondary N) is 1. The highest BCUT2D eigenvalue weighted by molar-refractivity contribution is 5.94. The van der Waals surface area contributed by atoms with Crippen LogP contribution >= 0.6 is 0 Å². The summed E-state index contributed by atoms with van der Waals surface area (Å²) in [7, 11) is 0. The second kappa shape index (κ2) is 6.05. The molecular formula is C15H18N4O2. The summed E-state index contributed by atoms with van der Waals surface area (Å²) in [4.78, 5) is 20.4. The van der Waals surface area contributed by atoms with Crippen LogP contribution in [0.1, 0.15) is 36.0 Å². The van der Waals surface area contributed by atoms with Gasteiger partial charge in [-0.05, 0) is 37.8 Å². The lowest BCUT2D eigenvalue weighted by molar-refractivity contribution is 0.0867. The molecular weight excluding hydrogens is 268 g/mol. The Balaban J connectivity index is 1.62. The van der Waals surface area contributed by atoms with Crippen LogP contribution in [-0.2, 0) is 0 Å². The van der Waals surface area contributed by atoms with Crippen molar-refractivity contribution in [3.05, 3.63) is 42.6 Å². The number of aromatic nitrogens is 3. The summed E-state index contributed by atoms with van der Waals surface area (Å²) in [6.07, 6.45) is 9.66. The van der Waals surface area contributed by atoms with E-state index in [0.717, 1.165) is 31.5 Å². The van der Waals surface area contributed by atoms with E-state index in [9.17, 15) is 9.90 Å². The maximum Gasteiger partial charge on any atom is 0.253 e. The third-order valence-corrected chi connectivity index (χ3v) is 3.81. The van der Waals surface area contributed by atoms with Crippen molar-refractivity contribution in [2.24, 2.45) is 0 Å². The summed E-state index contributed by atoms with van der Waals surface area (Å²) in [5, 5.41) is 12.5. The molecule has 0 spiro atoms. The zero-order valence-corrected chi connectivity index (χ0v) is 11.6. The van der Waals surface area contributed by atoms with Gasteiger partial charge >= 0.3 is 0 Å². The molecule has 1 aliphatic carbocycles. The van der Waals surface area contributed by atoms with E-state index >= 15 is 0 Å². The Morgan fingerprint density at radius 2 is 2.10 bits per heavy atom. The van der Waals surface area contributed by atoms with E-state index in [1.165, 1.54) is 0 Å². The number of hydrogen-bond donors (Lipinski definition) is 2. The van der Waals surface area contributed by atoms with Crippen LogP contribution in [0.25, 0.3) is 5.82 Å². The van der Waals surface area contributed by atoms with Gasteiger partial charge in [0.25, 0.3) is 5.91 Å². The molecule has 0 bridgehead atoms. The Bertz CT molecular complexity index is 587. The first-order valence-corrected chi connectivity index (χ1v) is 7.15. The quantitative estimate of drug-likeness (QED) is 0.891. The minimum atomic E-state index is -0.214. The van der Waals surface area contributed by atoms with Crippen molar-refractivity contribution < 1.29 is 9.90 Å². The first-order valence-electron chi connectivity index (χ1n) is 7.15. The Kier molecular flexibility index (Phi) is 3.96. The van der Waals surface area contributed by atoms with Gasteiger partial charge in [0.1, 0.15) is 12.1 Å². The summed E-state index contributed by atoms with van der Waals surface area (Å²) < 4.78 is 1.78. The van der Waals surface area contributed by atoms with Crippen molar-refractivity contribution in [1.29, 1.82) is 0 Å². The number of hydrogen-bond acceptors (Lipinski definition) is 4. The standard InChI is InChI=1S/C15H18N4O2/c20-13-4-2-12(3-5-13)18-15(21)11-1-6-14(17-9-11)19-8-7-16-10-19/h1,6-10,12-13,20H,2-5H2,(H,18,21). The van der Waals surface area contributed by atoms with Gasteiger partial charge in [-0.2, -0.15) is 0 Å².